The van der Waals surface area contributed by atoms with Crippen LogP contribution in [0.25, 0.3) is 0 Å². The first-order valence-corrected chi connectivity index (χ1v) is 6.03. The summed E-state index contributed by atoms with van der Waals surface area (Å²) < 4.78 is 0. The summed E-state index contributed by atoms with van der Waals surface area (Å²) in [6.07, 6.45) is 0.424. The standard InChI is InChI=1S/C13H15ClN2O2/c1-13(12(17)16(2)3)8-11(15-18-13)9-6-4-5-7-10(9)14/h4-7H,8H2,1-3H3. The number of hydrogen-bond acceptors (Lipinski definition) is 3. The van der Waals surface area contributed by atoms with Crippen LogP contribution in [-0.2, 0) is 9.63 Å². The van der Waals surface area contributed by atoms with Crippen LogP contribution in [0.15, 0.2) is 29.4 Å². The van der Waals surface area contributed by atoms with Crippen LogP contribution in [0.3, 0.4) is 0 Å². The fourth-order valence-electron chi connectivity index (χ4n) is 1.97. The van der Waals surface area contributed by atoms with Gasteiger partial charge >= 0.3 is 0 Å². The average Bonchev–Trinajstić information content (AvgIpc) is 2.72. The number of hydrogen-bond donors (Lipinski definition) is 0. The predicted molar refractivity (Wildman–Crippen MR) is 70.8 cm³/mol. The molecule has 0 aliphatic carbocycles. The summed E-state index contributed by atoms with van der Waals surface area (Å²) in [5.74, 6) is -0.103. The first-order valence-electron chi connectivity index (χ1n) is 5.66. The van der Waals surface area contributed by atoms with Crippen LogP contribution in [-0.4, -0.2) is 36.2 Å². The second-order valence-corrected chi connectivity index (χ2v) is 5.12. The largest absolute Gasteiger partial charge is 0.379 e. The van der Waals surface area contributed by atoms with Gasteiger partial charge in [0, 0.05) is 31.1 Å². The van der Waals surface area contributed by atoms with E-state index < -0.39 is 5.60 Å². The van der Waals surface area contributed by atoms with E-state index in [9.17, 15) is 4.79 Å². The molecule has 1 aromatic carbocycles. The number of halogens is 1. The fraction of sp³-hybridized carbons (Fsp3) is 0.385. The number of carbonyl (C=O) groups excluding carboxylic acids is 1. The van der Waals surface area contributed by atoms with Crippen molar-refractivity contribution in [2.45, 2.75) is 18.9 Å². The van der Waals surface area contributed by atoms with Crippen molar-refractivity contribution in [3.8, 4) is 0 Å². The molecule has 1 aliphatic heterocycles. The van der Waals surface area contributed by atoms with Crippen LogP contribution in [0.2, 0.25) is 5.02 Å². The van der Waals surface area contributed by atoms with Crippen molar-refractivity contribution in [1.29, 1.82) is 0 Å². The molecule has 1 aliphatic rings. The molecule has 2 rings (SSSR count). The Morgan fingerprint density at radius 2 is 2.11 bits per heavy atom. The number of benzene rings is 1. The summed E-state index contributed by atoms with van der Waals surface area (Å²) >= 11 is 6.11. The maximum atomic E-state index is 12.0. The van der Waals surface area contributed by atoms with Crippen molar-refractivity contribution < 1.29 is 9.63 Å². The van der Waals surface area contributed by atoms with Crippen LogP contribution in [0.1, 0.15) is 18.9 Å². The molecule has 0 saturated carbocycles. The highest BCUT2D eigenvalue weighted by molar-refractivity contribution is 6.34. The molecule has 1 aromatic rings. The molecule has 96 valence electrons. The molecule has 0 radical (unpaired) electrons. The first kappa shape index (κ1) is 12.9. The van der Waals surface area contributed by atoms with Gasteiger partial charge < -0.3 is 9.74 Å². The van der Waals surface area contributed by atoms with Crippen LogP contribution in [0.4, 0.5) is 0 Å². The second-order valence-electron chi connectivity index (χ2n) is 4.72. The smallest absolute Gasteiger partial charge is 0.269 e. The minimum atomic E-state index is -0.933. The van der Waals surface area contributed by atoms with E-state index in [0.29, 0.717) is 17.2 Å². The van der Waals surface area contributed by atoms with Gasteiger partial charge in [0.2, 0.25) is 5.60 Å². The van der Waals surface area contributed by atoms with Crippen LogP contribution in [0.5, 0.6) is 0 Å². The molecule has 18 heavy (non-hydrogen) atoms. The lowest BCUT2D eigenvalue weighted by atomic mass is 9.95. The van der Waals surface area contributed by atoms with E-state index in [1.54, 1.807) is 27.1 Å². The Morgan fingerprint density at radius 3 is 2.72 bits per heavy atom. The summed E-state index contributed by atoms with van der Waals surface area (Å²) in [5.41, 5.74) is 0.589. The molecular weight excluding hydrogens is 252 g/mol. The summed E-state index contributed by atoms with van der Waals surface area (Å²) in [5, 5.41) is 4.62. The number of likely N-dealkylation sites (N-methyl/N-ethyl adjacent to an activating group) is 1. The zero-order chi connectivity index (χ0) is 13.3. The quantitative estimate of drug-likeness (QED) is 0.824. The SMILES string of the molecule is CN(C)C(=O)C1(C)CC(c2ccccc2Cl)=NO1. The average molecular weight is 267 g/mol. The zero-order valence-corrected chi connectivity index (χ0v) is 11.4. The number of amides is 1. The van der Waals surface area contributed by atoms with Crippen molar-refractivity contribution >= 4 is 23.2 Å². The van der Waals surface area contributed by atoms with Gasteiger partial charge in [-0.2, -0.15) is 0 Å². The summed E-state index contributed by atoms with van der Waals surface area (Å²) in [7, 11) is 3.40. The highest BCUT2D eigenvalue weighted by Crippen LogP contribution is 2.30. The molecule has 1 heterocycles. The molecule has 5 heteroatoms. The van der Waals surface area contributed by atoms with Crippen molar-refractivity contribution in [2.24, 2.45) is 5.16 Å². The van der Waals surface area contributed by atoms with Gasteiger partial charge in [0.25, 0.3) is 5.91 Å². The highest BCUT2D eigenvalue weighted by atomic mass is 35.5. The lowest BCUT2D eigenvalue weighted by molar-refractivity contribution is -0.150. The fourth-order valence-corrected chi connectivity index (χ4v) is 2.21. The number of rotatable bonds is 2. The Labute approximate surface area is 111 Å². The molecule has 0 N–H and O–H groups in total. The molecule has 4 nitrogen and oxygen atoms in total. The van der Waals surface area contributed by atoms with Crippen LogP contribution < -0.4 is 0 Å². The van der Waals surface area contributed by atoms with E-state index in [1.807, 2.05) is 18.2 Å². The normalized spacial score (nSPS) is 22.3. The lowest BCUT2D eigenvalue weighted by Gasteiger charge is -2.23. The van der Waals surface area contributed by atoms with Crippen molar-refractivity contribution in [3.05, 3.63) is 34.9 Å². The molecule has 1 unspecified atom stereocenters. The third-order valence-corrected chi connectivity index (χ3v) is 3.24. The Kier molecular flexibility index (Phi) is 3.30. The van der Waals surface area contributed by atoms with E-state index in [-0.39, 0.29) is 5.91 Å². The molecule has 1 amide bonds. The Bertz CT molecular complexity index is 513. The monoisotopic (exact) mass is 266 g/mol. The van der Waals surface area contributed by atoms with E-state index in [4.69, 9.17) is 16.4 Å². The third-order valence-electron chi connectivity index (χ3n) is 2.91. The van der Waals surface area contributed by atoms with Gasteiger partial charge in [-0.15, -0.1) is 0 Å². The first-order chi connectivity index (χ1) is 8.44. The number of nitrogens with zero attached hydrogens (tertiary/aromatic N) is 2. The zero-order valence-electron chi connectivity index (χ0n) is 10.6. The Morgan fingerprint density at radius 1 is 1.44 bits per heavy atom. The second kappa shape index (κ2) is 4.61. The van der Waals surface area contributed by atoms with E-state index >= 15 is 0 Å². The maximum absolute atomic E-state index is 12.0. The number of carbonyl (C=O) groups is 1. The Balaban J connectivity index is 2.23. The molecule has 0 saturated heterocycles. The summed E-state index contributed by atoms with van der Waals surface area (Å²) in [6, 6.07) is 7.40. The van der Waals surface area contributed by atoms with Gasteiger partial charge in [-0.1, -0.05) is 35.0 Å². The van der Waals surface area contributed by atoms with Gasteiger partial charge in [0.1, 0.15) is 0 Å². The third kappa shape index (κ3) is 2.20. The van der Waals surface area contributed by atoms with E-state index in [1.165, 1.54) is 4.90 Å². The minimum absolute atomic E-state index is 0.103. The molecule has 1 atom stereocenters. The Hall–Kier alpha value is -1.55. The van der Waals surface area contributed by atoms with Gasteiger partial charge in [-0.3, -0.25) is 4.79 Å². The number of oxime groups is 1. The molecular formula is C13H15ClN2O2. The topological polar surface area (TPSA) is 41.9 Å². The van der Waals surface area contributed by atoms with Crippen LogP contribution in [0, 0.1) is 0 Å². The molecule has 0 aromatic heterocycles. The van der Waals surface area contributed by atoms with Gasteiger partial charge in [0.15, 0.2) is 0 Å². The van der Waals surface area contributed by atoms with Gasteiger partial charge in [-0.05, 0) is 13.0 Å². The van der Waals surface area contributed by atoms with Gasteiger partial charge in [-0.25, -0.2) is 0 Å². The van der Waals surface area contributed by atoms with E-state index in [2.05, 4.69) is 5.16 Å². The summed E-state index contributed by atoms with van der Waals surface area (Å²) in [6.45, 7) is 1.74. The maximum Gasteiger partial charge on any atom is 0.269 e. The predicted octanol–water partition coefficient (Wildman–Crippen LogP) is 2.31. The van der Waals surface area contributed by atoms with Crippen LogP contribution >= 0.6 is 11.6 Å². The van der Waals surface area contributed by atoms with Crippen molar-refractivity contribution in [3.63, 3.8) is 0 Å². The van der Waals surface area contributed by atoms with Crippen molar-refractivity contribution in [1.82, 2.24) is 4.90 Å². The van der Waals surface area contributed by atoms with E-state index in [0.717, 1.165) is 5.56 Å². The van der Waals surface area contributed by atoms with Gasteiger partial charge in [0.05, 0.1) is 5.71 Å². The van der Waals surface area contributed by atoms with Crippen molar-refractivity contribution in [2.75, 3.05) is 14.1 Å². The molecule has 0 fully saturated rings. The summed E-state index contributed by atoms with van der Waals surface area (Å²) in [4.78, 5) is 18.9. The minimum Gasteiger partial charge on any atom is -0.379 e. The highest BCUT2D eigenvalue weighted by Gasteiger charge is 2.43. The molecule has 0 bridgehead atoms. The lowest BCUT2D eigenvalue weighted by Crippen LogP contribution is -2.44. The molecule has 0 spiro atoms.